The fourth-order valence-electron chi connectivity index (χ4n) is 5.79. The average molecular weight is 429 g/mol. The van der Waals surface area contributed by atoms with E-state index in [1.807, 2.05) is 23.1 Å². The fraction of sp³-hybridized carbons (Fsp3) is 0.600. The molecule has 1 aromatic rings. The number of amides is 2. The van der Waals surface area contributed by atoms with E-state index < -0.39 is 0 Å². The maximum absolute atomic E-state index is 13.6. The van der Waals surface area contributed by atoms with E-state index in [9.17, 15) is 9.59 Å². The Labute approximate surface area is 185 Å². The number of benzene rings is 1. The minimum atomic E-state index is 0.00667. The van der Waals surface area contributed by atoms with E-state index in [1.165, 1.54) is 6.08 Å². The fourth-order valence-corrected chi connectivity index (χ4v) is 6.06. The standard InChI is InChI=1S/C25H33ClN2O2/c1-4-22(29)28-16-25(17-28)11-13-27(14-12-25)23(30)19-9-10-24(2,3)15-20(19)18-7-5-6-8-21(18)26/h4-8,19-20H,1,9-17H2,2-3H3/t19-,20+/m0/s1. The van der Waals surface area contributed by atoms with Crippen molar-refractivity contribution in [3.63, 3.8) is 0 Å². The zero-order chi connectivity index (χ0) is 21.5. The molecule has 1 spiro atoms. The van der Waals surface area contributed by atoms with Gasteiger partial charge in [-0.1, -0.05) is 50.2 Å². The van der Waals surface area contributed by atoms with E-state index in [2.05, 4.69) is 31.4 Å². The van der Waals surface area contributed by atoms with Gasteiger partial charge in [0.1, 0.15) is 0 Å². The van der Waals surface area contributed by atoms with Crippen LogP contribution in [0.4, 0.5) is 0 Å². The van der Waals surface area contributed by atoms with Crippen LogP contribution >= 0.6 is 11.6 Å². The van der Waals surface area contributed by atoms with Crippen LogP contribution in [0.3, 0.4) is 0 Å². The van der Waals surface area contributed by atoms with Crippen molar-refractivity contribution < 1.29 is 9.59 Å². The van der Waals surface area contributed by atoms with E-state index in [1.54, 1.807) is 0 Å². The minimum Gasteiger partial charge on any atom is -0.342 e. The van der Waals surface area contributed by atoms with Crippen molar-refractivity contribution in [2.75, 3.05) is 26.2 Å². The molecule has 2 amide bonds. The molecule has 4 rings (SSSR count). The Balaban J connectivity index is 1.44. The molecule has 2 saturated heterocycles. The van der Waals surface area contributed by atoms with Crippen LogP contribution < -0.4 is 0 Å². The second kappa shape index (κ2) is 8.03. The van der Waals surface area contributed by atoms with Crippen LogP contribution in [0.15, 0.2) is 36.9 Å². The highest BCUT2D eigenvalue weighted by Gasteiger charge is 2.48. The van der Waals surface area contributed by atoms with Crippen molar-refractivity contribution in [3.8, 4) is 0 Å². The summed E-state index contributed by atoms with van der Waals surface area (Å²) < 4.78 is 0. The topological polar surface area (TPSA) is 40.6 Å². The maximum atomic E-state index is 13.6. The Hall–Kier alpha value is -1.81. The van der Waals surface area contributed by atoms with Crippen LogP contribution in [0, 0.1) is 16.7 Å². The third-order valence-electron chi connectivity index (χ3n) is 7.69. The van der Waals surface area contributed by atoms with E-state index in [0.29, 0.717) is 5.91 Å². The normalized spacial score (nSPS) is 27.4. The molecule has 3 aliphatic rings. The van der Waals surface area contributed by atoms with Crippen molar-refractivity contribution in [2.45, 2.75) is 51.9 Å². The number of hydrogen-bond acceptors (Lipinski definition) is 2. The van der Waals surface area contributed by atoms with Crippen LogP contribution in [0.1, 0.15) is 57.4 Å². The summed E-state index contributed by atoms with van der Waals surface area (Å²) in [5.74, 6) is 0.498. The van der Waals surface area contributed by atoms with Gasteiger partial charge in [-0.2, -0.15) is 0 Å². The van der Waals surface area contributed by atoms with Crippen LogP contribution in [0.25, 0.3) is 0 Å². The van der Waals surface area contributed by atoms with E-state index in [4.69, 9.17) is 11.6 Å². The molecule has 0 bridgehead atoms. The number of rotatable bonds is 3. The Bertz CT molecular complexity index is 833. The van der Waals surface area contributed by atoms with Crippen molar-refractivity contribution in [1.82, 2.24) is 9.80 Å². The second-order valence-corrected chi connectivity index (χ2v) is 10.8. The summed E-state index contributed by atoms with van der Waals surface area (Å²) in [6, 6.07) is 8.03. The molecule has 0 unspecified atom stereocenters. The summed E-state index contributed by atoms with van der Waals surface area (Å²) in [6.07, 6.45) is 6.34. The Morgan fingerprint density at radius 2 is 1.77 bits per heavy atom. The van der Waals surface area contributed by atoms with Crippen LogP contribution in [-0.4, -0.2) is 47.8 Å². The van der Waals surface area contributed by atoms with Gasteiger partial charge in [-0.15, -0.1) is 0 Å². The third-order valence-corrected chi connectivity index (χ3v) is 8.03. The van der Waals surface area contributed by atoms with Gasteiger partial charge >= 0.3 is 0 Å². The highest BCUT2D eigenvalue weighted by Crippen LogP contribution is 2.49. The molecule has 4 nitrogen and oxygen atoms in total. The van der Waals surface area contributed by atoms with Gasteiger partial charge in [-0.25, -0.2) is 0 Å². The van der Waals surface area contributed by atoms with Crippen molar-refractivity contribution >= 4 is 23.4 Å². The average Bonchev–Trinajstić information content (AvgIpc) is 2.71. The number of piperidine rings is 1. The van der Waals surface area contributed by atoms with Crippen LogP contribution in [0.2, 0.25) is 5.02 Å². The first kappa shape index (κ1) is 21.4. The highest BCUT2D eigenvalue weighted by atomic mass is 35.5. The highest BCUT2D eigenvalue weighted by molar-refractivity contribution is 6.31. The molecule has 2 heterocycles. The zero-order valence-electron chi connectivity index (χ0n) is 18.2. The molecule has 1 aromatic carbocycles. The number of likely N-dealkylation sites (tertiary alicyclic amines) is 2. The van der Waals surface area contributed by atoms with Gasteiger partial charge < -0.3 is 9.80 Å². The SMILES string of the molecule is C=CC(=O)N1CC2(CCN(C(=O)[C@H]3CCC(C)(C)C[C@@H]3c3ccccc3Cl)CC2)C1. The number of hydrogen-bond donors (Lipinski definition) is 0. The first-order valence-electron chi connectivity index (χ1n) is 11.2. The molecule has 3 fully saturated rings. The van der Waals surface area contributed by atoms with Gasteiger partial charge in [0.05, 0.1) is 0 Å². The second-order valence-electron chi connectivity index (χ2n) is 10.4. The molecule has 0 aromatic heterocycles. The van der Waals surface area contributed by atoms with Gasteiger partial charge in [-0.05, 0) is 61.1 Å². The summed E-state index contributed by atoms with van der Waals surface area (Å²) in [6.45, 7) is 11.4. The number of nitrogens with zero attached hydrogens (tertiary/aromatic N) is 2. The van der Waals surface area contributed by atoms with Gasteiger partial charge in [0, 0.05) is 42.5 Å². The lowest BCUT2D eigenvalue weighted by atomic mass is 9.64. The summed E-state index contributed by atoms with van der Waals surface area (Å²) in [4.78, 5) is 29.3. The molecule has 0 N–H and O–H groups in total. The molecular formula is C25H33ClN2O2. The molecule has 1 aliphatic carbocycles. The summed E-state index contributed by atoms with van der Waals surface area (Å²) in [5, 5.41) is 0.775. The van der Waals surface area contributed by atoms with Crippen molar-refractivity contribution in [2.24, 2.45) is 16.7 Å². The molecule has 30 heavy (non-hydrogen) atoms. The number of halogens is 1. The molecule has 0 radical (unpaired) electrons. The lowest BCUT2D eigenvalue weighted by molar-refractivity contribution is -0.149. The van der Waals surface area contributed by atoms with E-state index in [-0.39, 0.29) is 28.6 Å². The van der Waals surface area contributed by atoms with Gasteiger partial charge in [0.15, 0.2) is 0 Å². The molecular weight excluding hydrogens is 396 g/mol. The van der Waals surface area contributed by atoms with Gasteiger partial charge in [0.2, 0.25) is 11.8 Å². The Morgan fingerprint density at radius 3 is 2.40 bits per heavy atom. The predicted octanol–water partition coefficient (Wildman–Crippen LogP) is 4.89. The maximum Gasteiger partial charge on any atom is 0.245 e. The smallest absolute Gasteiger partial charge is 0.245 e. The van der Waals surface area contributed by atoms with Crippen molar-refractivity contribution in [1.29, 1.82) is 0 Å². The largest absolute Gasteiger partial charge is 0.342 e. The monoisotopic (exact) mass is 428 g/mol. The minimum absolute atomic E-state index is 0.00667. The van der Waals surface area contributed by atoms with E-state index >= 15 is 0 Å². The van der Waals surface area contributed by atoms with E-state index in [0.717, 1.165) is 68.9 Å². The quantitative estimate of drug-likeness (QED) is 0.643. The summed E-state index contributed by atoms with van der Waals surface area (Å²) >= 11 is 6.56. The van der Waals surface area contributed by atoms with Gasteiger partial charge in [0.25, 0.3) is 0 Å². The number of carbonyl (C=O) groups is 2. The number of carbonyl (C=O) groups excluding carboxylic acids is 2. The molecule has 2 atom stereocenters. The lowest BCUT2D eigenvalue weighted by Gasteiger charge is -2.54. The third kappa shape index (κ3) is 4.03. The molecule has 2 aliphatic heterocycles. The van der Waals surface area contributed by atoms with Crippen molar-refractivity contribution in [3.05, 3.63) is 47.5 Å². The Kier molecular flexibility index (Phi) is 5.73. The first-order valence-corrected chi connectivity index (χ1v) is 11.6. The lowest BCUT2D eigenvalue weighted by Crippen LogP contribution is -2.62. The van der Waals surface area contributed by atoms with Crippen LogP contribution in [0.5, 0.6) is 0 Å². The molecule has 162 valence electrons. The zero-order valence-corrected chi connectivity index (χ0v) is 19.0. The summed E-state index contributed by atoms with van der Waals surface area (Å²) in [7, 11) is 0. The molecule has 1 saturated carbocycles. The summed E-state index contributed by atoms with van der Waals surface area (Å²) in [5.41, 5.74) is 1.54. The Morgan fingerprint density at radius 1 is 1.10 bits per heavy atom. The molecule has 5 heteroatoms. The predicted molar refractivity (Wildman–Crippen MR) is 120 cm³/mol. The van der Waals surface area contributed by atoms with Crippen LogP contribution in [-0.2, 0) is 9.59 Å². The first-order chi connectivity index (χ1) is 14.2. The van der Waals surface area contributed by atoms with Gasteiger partial charge in [-0.3, -0.25) is 9.59 Å².